The van der Waals surface area contributed by atoms with Crippen LogP contribution in [-0.4, -0.2) is 31.1 Å². The van der Waals surface area contributed by atoms with E-state index >= 15 is 0 Å². The maximum atomic E-state index is 12.2. The Morgan fingerprint density at radius 1 is 1.12 bits per heavy atom. The highest BCUT2D eigenvalue weighted by molar-refractivity contribution is 7.94. The third-order valence-corrected chi connectivity index (χ3v) is 6.88. The first-order chi connectivity index (χ1) is 11.9. The standard InChI is InChI=1S/C18H19NO4S2/c1-13(20)19-10-14-2-4-15(5-3-14)23-16-6-8-18(9-7-16)25(21,22)12-17-11-24-17/h2-9,17H,10-12H2,1H3,(H,19,20)/p+1. The Bertz CT molecular complexity index is 842. The third-order valence-electron chi connectivity index (χ3n) is 3.74. The highest BCUT2D eigenvalue weighted by Gasteiger charge is 2.39. The molecule has 1 atom stereocenters. The third kappa shape index (κ3) is 5.24. The highest BCUT2D eigenvalue weighted by atomic mass is 32.2. The van der Waals surface area contributed by atoms with Crippen LogP contribution in [0.2, 0.25) is 0 Å². The first-order valence-electron chi connectivity index (χ1n) is 7.93. The Hall–Kier alpha value is -1.99. The number of benzene rings is 2. The zero-order valence-corrected chi connectivity index (χ0v) is 15.5. The summed E-state index contributed by atoms with van der Waals surface area (Å²) in [5.74, 6) is 2.37. The predicted molar refractivity (Wildman–Crippen MR) is 99.9 cm³/mol. The van der Waals surface area contributed by atoms with E-state index in [0.717, 1.165) is 11.3 Å². The normalized spacial score (nSPS) is 16.3. The molecule has 0 radical (unpaired) electrons. The molecule has 2 aromatic rings. The molecule has 0 spiro atoms. The average Bonchev–Trinajstić information content (AvgIpc) is 3.38. The van der Waals surface area contributed by atoms with Crippen LogP contribution in [-0.2, 0) is 32.9 Å². The van der Waals surface area contributed by atoms with Gasteiger partial charge in [0, 0.05) is 13.5 Å². The molecule has 1 heterocycles. The lowest BCUT2D eigenvalue weighted by Gasteiger charge is -2.08. The molecule has 3 rings (SSSR count). The summed E-state index contributed by atoms with van der Waals surface area (Å²) < 4.78 is 30.2. The smallest absolute Gasteiger partial charge is 0.217 e. The molecular weight excluding hydrogens is 358 g/mol. The number of hydrogen-bond acceptors (Lipinski definition) is 4. The van der Waals surface area contributed by atoms with Crippen LogP contribution >= 0.6 is 0 Å². The summed E-state index contributed by atoms with van der Waals surface area (Å²) >= 11 is 1.23. The number of hydrogen-bond donors (Lipinski definition) is 1. The van der Waals surface area contributed by atoms with E-state index in [0.29, 0.717) is 28.2 Å². The zero-order chi connectivity index (χ0) is 17.9. The lowest BCUT2D eigenvalue weighted by molar-refractivity contribution is -0.119. The summed E-state index contributed by atoms with van der Waals surface area (Å²) in [6, 6.07) is 13.9. The Labute approximate surface area is 151 Å². The second kappa shape index (κ2) is 7.49. The van der Waals surface area contributed by atoms with Crippen molar-refractivity contribution in [2.24, 2.45) is 0 Å². The van der Waals surface area contributed by atoms with Gasteiger partial charge in [-0.15, -0.1) is 0 Å². The van der Waals surface area contributed by atoms with Crippen molar-refractivity contribution >= 4 is 27.5 Å². The van der Waals surface area contributed by atoms with Crippen molar-refractivity contribution in [1.29, 1.82) is 0 Å². The van der Waals surface area contributed by atoms with Crippen molar-refractivity contribution in [2.45, 2.75) is 23.6 Å². The van der Waals surface area contributed by atoms with Gasteiger partial charge in [-0.05, 0) is 53.7 Å². The molecule has 1 saturated heterocycles. The minimum atomic E-state index is -3.20. The molecule has 1 unspecified atom stereocenters. The average molecular weight is 378 g/mol. The minimum Gasteiger partial charge on any atom is -0.457 e. The van der Waals surface area contributed by atoms with Crippen molar-refractivity contribution in [2.75, 3.05) is 11.5 Å². The molecule has 0 aliphatic carbocycles. The van der Waals surface area contributed by atoms with Crippen molar-refractivity contribution in [3.05, 3.63) is 54.1 Å². The van der Waals surface area contributed by atoms with Gasteiger partial charge in [0.2, 0.25) is 5.91 Å². The lowest BCUT2D eigenvalue weighted by atomic mass is 10.2. The number of ether oxygens (including phenoxy) is 1. The van der Waals surface area contributed by atoms with Gasteiger partial charge >= 0.3 is 0 Å². The molecule has 25 heavy (non-hydrogen) atoms. The molecule has 0 saturated carbocycles. The van der Waals surface area contributed by atoms with Gasteiger partial charge in [-0.1, -0.05) is 12.1 Å². The minimum absolute atomic E-state index is 0.0726. The fraction of sp³-hybridized carbons (Fsp3) is 0.278. The van der Waals surface area contributed by atoms with Crippen molar-refractivity contribution < 1.29 is 17.9 Å². The summed E-state index contributed by atoms with van der Waals surface area (Å²) in [5.41, 5.74) is 0.975. The molecule has 1 aliphatic rings. The molecule has 1 fully saturated rings. The van der Waals surface area contributed by atoms with Crippen molar-refractivity contribution in [3.8, 4) is 11.5 Å². The Kier molecular flexibility index (Phi) is 5.34. The maximum Gasteiger partial charge on any atom is 0.217 e. The molecule has 0 aromatic heterocycles. The number of carbonyl (C=O) groups excluding carboxylic acids is 1. The number of sulfone groups is 1. The van der Waals surface area contributed by atoms with Crippen LogP contribution in [0.1, 0.15) is 12.5 Å². The van der Waals surface area contributed by atoms with Gasteiger partial charge in [-0.2, -0.15) is 0 Å². The van der Waals surface area contributed by atoms with Crippen molar-refractivity contribution in [1.82, 2.24) is 5.32 Å². The van der Waals surface area contributed by atoms with E-state index in [1.165, 1.54) is 18.7 Å². The van der Waals surface area contributed by atoms with Crippen molar-refractivity contribution in [3.63, 3.8) is 0 Å². The molecular formula is C18H20NO4S2+. The molecule has 5 nitrogen and oxygen atoms in total. The second-order valence-corrected chi connectivity index (χ2v) is 9.42. The molecule has 0 bridgehead atoms. The maximum absolute atomic E-state index is 12.2. The van der Waals surface area contributed by atoms with E-state index < -0.39 is 9.84 Å². The fourth-order valence-corrected chi connectivity index (χ4v) is 5.11. The van der Waals surface area contributed by atoms with Gasteiger partial charge in [-0.25, -0.2) is 8.42 Å². The number of thiol groups is 1. The van der Waals surface area contributed by atoms with Crippen LogP contribution in [0.4, 0.5) is 0 Å². The van der Waals surface area contributed by atoms with E-state index in [1.807, 2.05) is 24.3 Å². The molecule has 2 aromatic carbocycles. The summed E-state index contributed by atoms with van der Waals surface area (Å²) in [7, 11) is -3.20. The van der Waals surface area contributed by atoms with Gasteiger partial charge in [0.25, 0.3) is 0 Å². The lowest BCUT2D eigenvalue weighted by Crippen LogP contribution is -2.18. The van der Waals surface area contributed by atoms with Gasteiger partial charge in [-0.3, -0.25) is 4.79 Å². The first kappa shape index (κ1) is 17.8. The number of carbonyl (C=O) groups is 1. The topological polar surface area (TPSA) is 72.5 Å². The van der Waals surface area contributed by atoms with Gasteiger partial charge in [0.15, 0.2) is 20.8 Å². The van der Waals surface area contributed by atoms with Crippen LogP contribution in [0, 0.1) is 0 Å². The largest absolute Gasteiger partial charge is 0.457 e. The van der Waals surface area contributed by atoms with E-state index in [4.69, 9.17) is 4.74 Å². The van der Waals surface area contributed by atoms with Crippen LogP contribution in [0.15, 0.2) is 53.4 Å². The molecule has 132 valence electrons. The Morgan fingerprint density at radius 3 is 2.20 bits per heavy atom. The van der Waals surface area contributed by atoms with E-state index in [9.17, 15) is 13.2 Å². The predicted octanol–water partition coefficient (Wildman–Crippen LogP) is 2.09. The van der Waals surface area contributed by atoms with Gasteiger partial charge < -0.3 is 10.1 Å². The SMILES string of the molecule is CC(=O)NCc1ccc(Oc2ccc(S(=O)(=O)CC3C[SH+]3)cc2)cc1. The van der Waals surface area contributed by atoms with Crippen LogP contribution in [0.3, 0.4) is 0 Å². The summed E-state index contributed by atoms with van der Waals surface area (Å²) in [6.45, 7) is 1.95. The first-order valence-corrected chi connectivity index (χ1v) is 10.7. The highest BCUT2D eigenvalue weighted by Crippen LogP contribution is 2.25. The number of rotatable bonds is 7. The molecule has 1 N–H and O–H groups in total. The van der Waals surface area contributed by atoms with E-state index in [-0.39, 0.29) is 11.7 Å². The van der Waals surface area contributed by atoms with Gasteiger partial charge in [0.05, 0.1) is 4.90 Å². The zero-order valence-electron chi connectivity index (χ0n) is 13.8. The van der Waals surface area contributed by atoms with E-state index in [1.54, 1.807) is 24.3 Å². The summed E-state index contributed by atoms with van der Waals surface area (Å²) in [5, 5.41) is 3.03. The van der Waals surface area contributed by atoms with Crippen LogP contribution in [0.25, 0.3) is 0 Å². The fourth-order valence-electron chi connectivity index (χ4n) is 2.28. The number of nitrogens with one attached hydrogen (secondary N) is 1. The second-order valence-electron chi connectivity index (χ2n) is 5.93. The van der Waals surface area contributed by atoms with E-state index in [2.05, 4.69) is 5.32 Å². The Balaban J connectivity index is 1.62. The Morgan fingerprint density at radius 2 is 1.68 bits per heavy atom. The molecule has 1 aliphatic heterocycles. The summed E-state index contributed by atoms with van der Waals surface area (Å²) in [6.07, 6.45) is 0. The monoisotopic (exact) mass is 378 g/mol. The van der Waals surface area contributed by atoms with Gasteiger partial charge in [0.1, 0.15) is 17.3 Å². The summed E-state index contributed by atoms with van der Waals surface area (Å²) in [4.78, 5) is 11.2. The van der Waals surface area contributed by atoms with Crippen LogP contribution in [0.5, 0.6) is 11.5 Å². The molecule has 1 amide bonds. The van der Waals surface area contributed by atoms with Crippen LogP contribution < -0.4 is 10.1 Å². The molecule has 7 heteroatoms. The quantitative estimate of drug-likeness (QED) is 0.455. The number of amides is 1.